The maximum absolute atomic E-state index is 4.90. The van der Waals surface area contributed by atoms with Gasteiger partial charge in [-0.3, -0.25) is 5.10 Å². The second-order valence-corrected chi connectivity index (χ2v) is 9.13. The van der Waals surface area contributed by atoms with Crippen LogP contribution >= 0.6 is 11.8 Å². The lowest BCUT2D eigenvalue weighted by molar-refractivity contribution is 0.416. The standard InChI is InChI=1S/C22H29N7S/c1-15-12-20(27-26-15)23-19-14-21(29(4)10-9-28(2)3)25-22(24-19)17-8-7-16-6-5-11-30-18(16)13-17/h7-8,12-14H,5-6,9-11H2,1-4H3,(H2,23,24,25,26,27). The van der Waals surface area contributed by atoms with Crippen LogP contribution < -0.4 is 10.2 Å². The number of aromatic amines is 1. The quantitative estimate of drug-likeness (QED) is 0.596. The van der Waals surface area contributed by atoms with Gasteiger partial charge < -0.3 is 15.1 Å². The zero-order chi connectivity index (χ0) is 21.1. The van der Waals surface area contributed by atoms with Gasteiger partial charge in [0.25, 0.3) is 0 Å². The molecule has 0 amide bonds. The van der Waals surface area contributed by atoms with Gasteiger partial charge in [0.2, 0.25) is 0 Å². The maximum Gasteiger partial charge on any atom is 0.163 e. The fraction of sp³-hybridized carbons (Fsp3) is 0.409. The Balaban J connectivity index is 1.69. The van der Waals surface area contributed by atoms with Gasteiger partial charge in [0.05, 0.1) is 0 Å². The number of rotatable bonds is 7. The molecule has 2 N–H and O–H groups in total. The number of hydrogen-bond acceptors (Lipinski definition) is 7. The topological polar surface area (TPSA) is 73.0 Å². The van der Waals surface area contributed by atoms with Crippen molar-refractivity contribution in [3.63, 3.8) is 0 Å². The van der Waals surface area contributed by atoms with Crippen molar-refractivity contribution in [1.29, 1.82) is 0 Å². The van der Waals surface area contributed by atoms with Crippen molar-refractivity contribution in [1.82, 2.24) is 25.1 Å². The van der Waals surface area contributed by atoms with Crippen molar-refractivity contribution in [2.75, 3.05) is 50.2 Å². The van der Waals surface area contributed by atoms with Gasteiger partial charge in [-0.2, -0.15) is 5.10 Å². The Kier molecular flexibility index (Phi) is 6.24. The molecule has 8 heteroatoms. The van der Waals surface area contributed by atoms with E-state index in [-0.39, 0.29) is 0 Å². The summed E-state index contributed by atoms with van der Waals surface area (Å²) in [5, 5.41) is 10.6. The van der Waals surface area contributed by atoms with Gasteiger partial charge in [0.15, 0.2) is 11.6 Å². The lowest BCUT2D eigenvalue weighted by atomic mass is 10.1. The predicted octanol–water partition coefficient (Wildman–Crippen LogP) is 3.95. The molecule has 1 aromatic carbocycles. The third-order valence-electron chi connectivity index (χ3n) is 5.12. The van der Waals surface area contributed by atoms with Crippen molar-refractivity contribution in [2.24, 2.45) is 0 Å². The molecule has 158 valence electrons. The summed E-state index contributed by atoms with van der Waals surface area (Å²) in [6, 6.07) is 10.6. The van der Waals surface area contributed by atoms with Crippen molar-refractivity contribution in [2.45, 2.75) is 24.7 Å². The molecule has 1 aliphatic rings. The number of anilines is 3. The molecule has 7 nitrogen and oxygen atoms in total. The minimum absolute atomic E-state index is 0.730. The highest BCUT2D eigenvalue weighted by Gasteiger charge is 2.15. The van der Waals surface area contributed by atoms with Gasteiger partial charge in [0, 0.05) is 48.4 Å². The van der Waals surface area contributed by atoms with Gasteiger partial charge in [-0.25, -0.2) is 9.97 Å². The largest absolute Gasteiger partial charge is 0.358 e. The Morgan fingerprint density at radius 3 is 2.70 bits per heavy atom. The van der Waals surface area contributed by atoms with E-state index in [0.717, 1.165) is 54.0 Å². The molecule has 0 fully saturated rings. The lowest BCUT2D eigenvalue weighted by Gasteiger charge is -2.22. The summed E-state index contributed by atoms with van der Waals surface area (Å²) in [6.45, 7) is 3.81. The van der Waals surface area contributed by atoms with E-state index in [9.17, 15) is 0 Å². The average Bonchev–Trinajstić information content (AvgIpc) is 3.15. The van der Waals surface area contributed by atoms with E-state index in [4.69, 9.17) is 9.97 Å². The van der Waals surface area contributed by atoms with E-state index in [1.165, 1.54) is 22.6 Å². The summed E-state index contributed by atoms with van der Waals surface area (Å²) >= 11 is 1.93. The van der Waals surface area contributed by atoms with Crippen molar-refractivity contribution < 1.29 is 0 Å². The van der Waals surface area contributed by atoms with Crippen molar-refractivity contribution >= 4 is 29.2 Å². The highest BCUT2D eigenvalue weighted by Crippen LogP contribution is 2.33. The Morgan fingerprint density at radius 2 is 1.93 bits per heavy atom. The first-order valence-corrected chi connectivity index (χ1v) is 11.3. The number of H-pyrrole nitrogens is 1. The third-order valence-corrected chi connectivity index (χ3v) is 6.31. The van der Waals surface area contributed by atoms with E-state index < -0.39 is 0 Å². The minimum Gasteiger partial charge on any atom is -0.358 e. The number of aromatic nitrogens is 4. The van der Waals surface area contributed by atoms with Crippen LogP contribution in [0.2, 0.25) is 0 Å². The number of hydrogen-bond donors (Lipinski definition) is 2. The molecule has 0 radical (unpaired) electrons. The summed E-state index contributed by atoms with van der Waals surface area (Å²) in [7, 11) is 6.23. The van der Waals surface area contributed by atoms with Crippen LogP contribution in [-0.2, 0) is 6.42 Å². The molecule has 0 spiro atoms. The molecule has 3 aromatic rings. The summed E-state index contributed by atoms with van der Waals surface area (Å²) in [5.41, 5.74) is 3.48. The van der Waals surface area contributed by atoms with Crippen LogP contribution in [0.3, 0.4) is 0 Å². The fourth-order valence-electron chi connectivity index (χ4n) is 3.38. The summed E-state index contributed by atoms with van der Waals surface area (Å²) in [4.78, 5) is 15.4. The smallest absolute Gasteiger partial charge is 0.163 e. The predicted molar refractivity (Wildman–Crippen MR) is 125 cm³/mol. The first-order chi connectivity index (χ1) is 14.5. The van der Waals surface area contributed by atoms with E-state index in [1.807, 2.05) is 30.8 Å². The van der Waals surface area contributed by atoms with Gasteiger partial charge in [-0.15, -0.1) is 11.8 Å². The Labute approximate surface area is 182 Å². The molecule has 0 saturated carbocycles. The summed E-state index contributed by atoms with van der Waals surface area (Å²) in [6.07, 6.45) is 2.40. The van der Waals surface area contributed by atoms with Crippen LogP contribution in [0.25, 0.3) is 11.4 Å². The minimum atomic E-state index is 0.730. The van der Waals surface area contributed by atoms with Gasteiger partial charge in [-0.1, -0.05) is 12.1 Å². The lowest BCUT2D eigenvalue weighted by Crippen LogP contribution is -2.29. The highest BCUT2D eigenvalue weighted by atomic mass is 32.2. The number of thioether (sulfide) groups is 1. The van der Waals surface area contributed by atoms with Crippen molar-refractivity contribution in [3.05, 3.63) is 41.6 Å². The first kappa shape index (κ1) is 20.7. The molecule has 4 rings (SSSR count). The van der Waals surface area contributed by atoms with Crippen LogP contribution in [0.15, 0.2) is 35.2 Å². The second-order valence-electron chi connectivity index (χ2n) is 8.00. The zero-order valence-corrected chi connectivity index (χ0v) is 18.9. The van der Waals surface area contributed by atoms with Crippen LogP contribution in [0, 0.1) is 6.92 Å². The molecule has 3 heterocycles. The molecule has 0 aliphatic carbocycles. The normalized spacial score (nSPS) is 13.4. The van der Waals surface area contributed by atoms with E-state index in [2.05, 4.69) is 64.7 Å². The molecule has 0 bridgehead atoms. The molecule has 1 aliphatic heterocycles. The first-order valence-electron chi connectivity index (χ1n) is 10.3. The molecular weight excluding hydrogens is 394 g/mol. The molecule has 0 atom stereocenters. The molecule has 30 heavy (non-hydrogen) atoms. The number of likely N-dealkylation sites (N-methyl/N-ethyl adjacent to an activating group) is 2. The second kappa shape index (κ2) is 9.06. The molecule has 2 aromatic heterocycles. The highest BCUT2D eigenvalue weighted by molar-refractivity contribution is 7.99. The van der Waals surface area contributed by atoms with Crippen LogP contribution in [0.1, 0.15) is 17.7 Å². The summed E-state index contributed by atoms with van der Waals surface area (Å²) in [5.74, 6) is 4.29. The number of nitrogens with zero attached hydrogens (tertiary/aromatic N) is 5. The molecule has 0 unspecified atom stereocenters. The van der Waals surface area contributed by atoms with Crippen LogP contribution in [0.4, 0.5) is 17.5 Å². The SMILES string of the molecule is Cc1cc(Nc2cc(N(C)CCN(C)C)nc(-c3ccc4c(c3)SCCC4)n2)n[nH]1. The van der Waals surface area contributed by atoms with Crippen LogP contribution in [0.5, 0.6) is 0 Å². The van der Waals surface area contributed by atoms with Crippen molar-refractivity contribution in [3.8, 4) is 11.4 Å². The van der Waals surface area contributed by atoms with E-state index in [1.54, 1.807) is 0 Å². The maximum atomic E-state index is 4.90. The summed E-state index contributed by atoms with van der Waals surface area (Å²) < 4.78 is 0. The van der Waals surface area contributed by atoms with Gasteiger partial charge in [0.1, 0.15) is 11.6 Å². The number of aryl methyl sites for hydroxylation is 2. The zero-order valence-electron chi connectivity index (χ0n) is 18.1. The van der Waals surface area contributed by atoms with E-state index >= 15 is 0 Å². The Morgan fingerprint density at radius 1 is 1.07 bits per heavy atom. The van der Waals surface area contributed by atoms with Crippen LogP contribution in [-0.4, -0.2) is 65.1 Å². The number of benzene rings is 1. The fourth-order valence-corrected chi connectivity index (χ4v) is 4.45. The average molecular weight is 424 g/mol. The number of fused-ring (bicyclic) bond motifs is 1. The monoisotopic (exact) mass is 423 g/mol. The number of nitrogens with one attached hydrogen (secondary N) is 2. The Bertz CT molecular complexity index is 1010. The third kappa shape index (κ3) is 4.94. The van der Waals surface area contributed by atoms with E-state index in [0.29, 0.717) is 0 Å². The Hall–Kier alpha value is -2.58. The van der Waals surface area contributed by atoms with Gasteiger partial charge >= 0.3 is 0 Å². The molecular formula is C22H29N7S. The van der Waals surface area contributed by atoms with Gasteiger partial charge in [-0.05, 0) is 51.2 Å². The molecule has 0 saturated heterocycles.